The number of hydrogen-bond acceptors (Lipinski definition) is 3. The number of ether oxygens (including phenoxy) is 2. The maximum atomic E-state index is 13.5. The first-order valence-corrected chi connectivity index (χ1v) is 9.65. The highest BCUT2D eigenvalue weighted by molar-refractivity contribution is 5.99. The van der Waals surface area contributed by atoms with Crippen molar-refractivity contribution in [2.75, 3.05) is 6.79 Å². The van der Waals surface area contributed by atoms with E-state index in [9.17, 15) is 4.79 Å². The summed E-state index contributed by atoms with van der Waals surface area (Å²) >= 11 is 0. The Balaban J connectivity index is 1.66. The monoisotopic (exact) mass is 361 g/mol. The lowest BCUT2D eigenvalue weighted by atomic mass is 9.62. The highest BCUT2D eigenvalue weighted by atomic mass is 16.7. The first kappa shape index (κ1) is 16.4. The van der Waals surface area contributed by atoms with E-state index in [1.54, 1.807) is 0 Å². The first-order valence-electron chi connectivity index (χ1n) is 9.65. The average molecular weight is 361 g/mol. The fourth-order valence-corrected chi connectivity index (χ4v) is 5.04. The Labute approximate surface area is 159 Å². The zero-order valence-electron chi connectivity index (χ0n) is 15.3. The summed E-state index contributed by atoms with van der Waals surface area (Å²) in [6.07, 6.45) is 6.36. The quantitative estimate of drug-likeness (QED) is 0.759. The van der Waals surface area contributed by atoms with Crippen molar-refractivity contribution in [3.05, 3.63) is 71.8 Å². The summed E-state index contributed by atoms with van der Waals surface area (Å²) in [6.45, 7) is 5.04. The van der Waals surface area contributed by atoms with Crippen LogP contribution in [0.25, 0.3) is 0 Å². The molecule has 0 aromatic heterocycles. The summed E-state index contributed by atoms with van der Waals surface area (Å²) in [5.74, 6) is 1.48. The van der Waals surface area contributed by atoms with E-state index >= 15 is 0 Å². The van der Waals surface area contributed by atoms with Gasteiger partial charge in [-0.3, -0.25) is 4.79 Å². The molecule has 4 heteroatoms. The molecule has 2 aromatic carbocycles. The van der Waals surface area contributed by atoms with Gasteiger partial charge in [-0.25, -0.2) is 0 Å². The van der Waals surface area contributed by atoms with Crippen molar-refractivity contribution >= 4 is 5.91 Å². The van der Waals surface area contributed by atoms with E-state index in [4.69, 9.17) is 9.47 Å². The molecule has 3 aliphatic rings. The van der Waals surface area contributed by atoms with Crippen LogP contribution < -0.4 is 9.47 Å². The molecule has 1 fully saturated rings. The second-order valence-corrected chi connectivity index (χ2v) is 7.68. The molecule has 0 radical (unpaired) electrons. The zero-order chi connectivity index (χ0) is 18.4. The number of carbonyl (C=O) groups is 1. The molecule has 0 unspecified atom stereocenters. The zero-order valence-corrected chi connectivity index (χ0v) is 15.3. The molecule has 138 valence electrons. The van der Waals surface area contributed by atoms with Gasteiger partial charge in [0, 0.05) is 23.6 Å². The maximum absolute atomic E-state index is 13.5. The predicted molar refractivity (Wildman–Crippen MR) is 103 cm³/mol. The van der Waals surface area contributed by atoms with Crippen molar-refractivity contribution in [2.45, 2.75) is 43.7 Å². The summed E-state index contributed by atoms with van der Waals surface area (Å²) in [6, 6.07) is 14.2. The summed E-state index contributed by atoms with van der Waals surface area (Å²) in [5, 5.41) is 0. The Bertz CT molecular complexity index is 907. The summed E-state index contributed by atoms with van der Waals surface area (Å²) < 4.78 is 11.2. The third-order valence-electron chi connectivity index (χ3n) is 6.35. The second kappa shape index (κ2) is 6.15. The van der Waals surface area contributed by atoms with Crippen molar-refractivity contribution in [3.63, 3.8) is 0 Å². The van der Waals surface area contributed by atoms with E-state index < -0.39 is 0 Å². The molecule has 0 spiro atoms. The molecule has 27 heavy (non-hydrogen) atoms. The van der Waals surface area contributed by atoms with E-state index in [0.717, 1.165) is 48.1 Å². The van der Waals surface area contributed by atoms with Crippen LogP contribution in [0.2, 0.25) is 0 Å². The van der Waals surface area contributed by atoms with E-state index in [2.05, 4.69) is 29.7 Å². The molecule has 1 aliphatic carbocycles. The van der Waals surface area contributed by atoms with E-state index in [1.165, 1.54) is 0 Å². The smallest absolute Gasteiger partial charge is 0.254 e. The largest absolute Gasteiger partial charge is 0.454 e. The Hall–Kier alpha value is -2.75. The minimum absolute atomic E-state index is 0.0801. The van der Waals surface area contributed by atoms with Gasteiger partial charge < -0.3 is 14.4 Å². The topological polar surface area (TPSA) is 38.8 Å². The van der Waals surface area contributed by atoms with Crippen molar-refractivity contribution in [1.82, 2.24) is 4.90 Å². The van der Waals surface area contributed by atoms with Crippen LogP contribution in [0.4, 0.5) is 0 Å². The molecule has 1 amide bonds. The highest BCUT2D eigenvalue weighted by Gasteiger charge is 2.50. The summed E-state index contributed by atoms with van der Waals surface area (Å²) in [4.78, 5) is 15.6. The van der Waals surface area contributed by atoms with Crippen molar-refractivity contribution in [3.8, 4) is 11.5 Å². The van der Waals surface area contributed by atoms with Crippen LogP contribution in [0.5, 0.6) is 11.5 Å². The fraction of sp³-hybridized carbons (Fsp3) is 0.348. The standard InChI is InChI=1S/C23H23NO3/c1-2-23-11-7-6-10-21(23)24(14-16-8-4-3-5-9-16)22(25)17-12-19-20(13-18(17)23)27-15-26-19/h2-5,8-9,12-13,21H,1,6-7,10-11,14-15H2/t21-,23+/m1/s1. The van der Waals surface area contributed by atoms with Crippen LogP contribution >= 0.6 is 0 Å². The third kappa shape index (κ3) is 2.39. The molecule has 2 atom stereocenters. The van der Waals surface area contributed by atoms with Crippen LogP contribution in [0.3, 0.4) is 0 Å². The lowest BCUT2D eigenvalue weighted by Crippen LogP contribution is -2.57. The van der Waals surface area contributed by atoms with Gasteiger partial charge >= 0.3 is 0 Å². The van der Waals surface area contributed by atoms with Gasteiger partial charge in [0.2, 0.25) is 6.79 Å². The second-order valence-electron chi connectivity index (χ2n) is 7.68. The molecular weight excluding hydrogens is 338 g/mol. The minimum atomic E-state index is -0.225. The highest BCUT2D eigenvalue weighted by Crippen LogP contribution is 2.51. The van der Waals surface area contributed by atoms with Gasteiger partial charge in [-0.2, -0.15) is 0 Å². The van der Waals surface area contributed by atoms with Crippen molar-refractivity contribution < 1.29 is 14.3 Å². The van der Waals surface area contributed by atoms with Gasteiger partial charge in [0.25, 0.3) is 5.91 Å². The minimum Gasteiger partial charge on any atom is -0.454 e. The molecule has 5 rings (SSSR count). The lowest BCUT2D eigenvalue weighted by molar-refractivity contribution is 0.0438. The summed E-state index contributed by atoms with van der Waals surface area (Å²) in [5.41, 5.74) is 2.71. The van der Waals surface area contributed by atoms with Crippen LogP contribution in [-0.4, -0.2) is 23.6 Å². The number of hydrogen-bond donors (Lipinski definition) is 0. The normalized spacial score (nSPS) is 25.7. The molecule has 2 aliphatic heterocycles. The molecule has 0 saturated heterocycles. The molecule has 0 bridgehead atoms. The Kier molecular flexibility index (Phi) is 3.74. The third-order valence-corrected chi connectivity index (χ3v) is 6.35. The van der Waals surface area contributed by atoms with Crippen LogP contribution in [-0.2, 0) is 12.0 Å². The number of rotatable bonds is 3. The SMILES string of the molecule is C=C[C@@]12CCCC[C@H]1N(Cc1ccccc1)C(=O)c1cc3c(cc12)OCO3. The predicted octanol–water partition coefficient (Wildman–Crippen LogP) is 4.44. The molecular formula is C23H23NO3. The molecule has 4 nitrogen and oxygen atoms in total. The number of nitrogens with zero attached hydrogens (tertiary/aromatic N) is 1. The lowest BCUT2D eigenvalue weighted by Gasteiger charge is -2.52. The van der Waals surface area contributed by atoms with Crippen LogP contribution in [0.1, 0.15) is 47.2 Å². The van der Waals surface area contributed by atoms with E-state index in [0.29, 0.717) is 12.3 Å². The van der Waals surface area contributed by atoms with Gasteiger partial charge in [0.1, 0.15) is 0 Å². The van der Waals surface area contributed by atoms with Crippen LogP contribution in [0, 0.1) is 0 Å². The van der Waals surface area contributed by atoms with E-state index in [1.807, 2.05) is 30.3 Å². The first-order chi connectivity index (χ1) is 13.2. The van der Waals surface area contributed by atoms with Gasteiger partial charge in [-0.15, -0.1) is 6.58 Å². The molecule has 2 heterocycles. The molecule has 0 N–H and O–H groups in total. The molecule has 2 aromatic rings. The number of amides is 1. The molecule has 1 saturated carbocycles. The fourth-order valence-electron chi connectivity index (χ4n) is 5.04. The van der Waals surface area contributed by atoms with Gasteiger partial charge in [-0.1, -0.05) is 49.2 Å². The van der Waals surface area contributed by atoms with Gasteiger partial charge in [-0.05, 0) is 36.1 Å². The Morgan fingerprint density at radius 2 is 1.93 bits per heavy atom. The van der Waals surface area contributed by atoms with Gasteiger partial charge in [0.15, 0.2) is 11.5 Å². The number of fused-ring (bicyclic) bond motifs is 4. The summed E-state index contributed by atoms with van der Waals surface area (Å²) in [7, 11) is 0. The Morgan fingerprint density at radius 1 is 1.15 bits per heavy atom. The number of benzene rings is 2. The van der Waals surface area contributed by atoms with Gasteiger partial charge in [0.05, 0.1) is 0 Å². The van der Waals surface area contributed by atoms with Crippen molar-refractivity contribution in [1.29, 1.82) is 0 Å². The van der Waals surface area contributed by atoms with Crippen LogP contribution in [0.15, 0.2) is 55.1 Å². The van der Waals surface area contributed by atoms with E-state index in [-0.39, 0.29) is 24.2 Å². The Morgan fingerprint density at radius 3 is 2.70 bits per heavy atom. The van der Waals surface area contributed by atoms with Crippen molar-refractivity contribution in [2.24, 2.45) is 0 Å². The maximum Gasteiger partial charge on any atom is 0.254 e. The number of carbonyl (C=O) groups excluding carboxylic acids is 1. The average Bonchev–Trinajstić information content (AvgIpc) is 3.18.